The van der Waals surface area contributed by atoms with Gasteiger partial charge in [0.15, 0.2) is 0 Å². The topological polar surface area (TPSA) is 103 Å². The molecule has 0 aliphatic rings. The molecule has 0 amide bonds. The molecule has 1 aromatic heterocycles. The first-order valence-electron chi connectivity index (χ1n) is 6.11. The number of nitrogens with zero attached hydrogens (tertiary/aromatic N) is 3. The van der Waals surface area contributed by atoms with E-state index in [1.54, 1.807) is 18.2 Å². The van der Waals surface area contributed by atoms with Crippen molar-refractivity contribution >= 4 is 5.69 Å². The highest BCUT2D eigenvalue weighted by atomic mass is 16.5. The highest BCUT2D eigenvalue weighted by molar-refractivity contribution is 5.45. The van der Waals surface area contributed by atoms with Crippen molar-refractivity contribution in [3.05, 3.63) is 56.4 Å². The van der Waals surface area contributed by atoms with Gasteiger partial charge in [-0.05, 0) is 17.7 Å². The van der Waals surface area contributed by atoms with Gasteiger partial charge in [-0.2, -0.15) is 5.26 Å². The molecule has 2 rings (SSSR count). The Morgan fingerprint density at radius 3 is 2.71 bits per heavy atom. The molecule has 7 nitrogen and oxygen atoms in total. The Kier molecular flexibility index (Phi) is 3.80. The fourth-order valence-corrected chi connectivity index (χ4v) is 2.02. The first kappa shape index (κ1) is 14.4. The third-order valence-electron chi connectivity index (χ3n) is 3.08. The largest absolute Gasteiger partial charge is 0.495 e. The van der Waals surface area contributed by atoms with Crippen molar-refractivity contribution in [1.29, 1.82) is 5.26 Å². The maximum Gasteiger partial charge on any atom is 0.331 e. The van der Waals surface area contributed by atoms with Gasteiger partial charge in [0.2, 0.25) is 0 Å². The first-order chi connectivity index (χ1) is 9.97. The van der Waals surface area contributed by atoms with Gasteiger partial charge in [-0.15, -0.1) is 0 Å². The van der Waals surface area contributed by atoms with Crippen LogP contribution < -0.4 is 21.7 Å². The summed E-state index contributed by atoms with van der Waals surface area (Å²) in [7, 11) is 2.98. The minimum atomic E-state index is -0.549. The minimum absolute atomic E-state index is 0.00822. The van der Waals surface area contributed by atoms with Crippen LogP contribution in [0.15, 0.2) is 34.0 Å². The third kappa shape index (κ3) is 2.65. The summed E-state index contributed by atoms with van der Waals surface area (Å²) in [6, 6.07) is 6.89. The van der Waals surface area contributed by atoms with Gasteiger partial charge >= 0.3 is 5.69 Å². The molecule has 0 unspecified atom stereocenters. The Bertz CT molecular complexity index is 809. The summed E-state index contributed by atoms with van der Waals surface area (Å²) in [6.45, 7) is 0.0369. The normalized spacial score (nSPS) is 10.1. The van der Waals surface area contributed by atoms with Gasteiger partial charge < -0.3 is 15.0 Å². The summed E-state index contributed by atoms with van der Waals surface area (Å²) in [4.78, 5) is 24.0. The molecule has 1 heterocycles. The standard InChI is InChI=1S/C14H14N4O3/c1-17-8-11(16)13(19)18(14(17)20)7-9-3-4-12(21-2)10(5-9)6-15/h3-5,8H,7,16H2,1-2H3. The molecule has 0 aliphatic heterocycles. The quantitative estimate of drug-likeness (QED) is 0.859. The monoisotopic (exact) mass is 286 g/mol. The molecule has 2 N–H and O–H groups in total. The maximum absolute atomic E-state index is 12.0. The Labute approximate surface area is 120 Å². The number of aryl methyl sites for hydroxylation is 1. The van der Waals surface area contributed by atoms with Crippen LogP contribution in [0.4, 0.5) is 5.69 Å². The highest BCUT2D eigenvalue weighted by Crippen LogP contribution is 2.18. The van der Waals surface area contributed by atoms with Crippen molar-refractivity contribution < 1.29 is 4.74 Å². The van der Waals surface area contributed by atoms with E-state index in [9.17, 15) is 9.59 Å². The zero-order chi connectivity index (χ0) is 15.6. The highest BCUT2D eigenvalue weighted by Gasteiger charge is 2.10. The summed E-state index contributed by atoms with van der Waals surface area (Å²) < 4.78 is 7.32. The van der Waals surface area contributed by atoms with E-state index in [0.29, 0.717) is 16.9 Å². The summed E-state index contributed by atoms with van der Waals surface area (Å²) in [6.07, 6.45) is 1.29. The Balaban J connectivity index is 2.52. The van der Waals surface area contributed by atoms with E-state index in [-0.39, 0.29) is 12.2 Å². The van der Waals surface area contributed by atoms with E-state index in [1.165, 1.54) is 24.9 Å². The molecule has 0 spiro atoms. The molecule has 0 fully saturated rings. The van der Waals surface area contributed by atoms with Crippen molar-refractivity contribution in [1.82, 2.24) is 9.13 Å². The fourth-order valence-electron chi connectivity index (χ4n) is 2.02. The zero-order valence-corrected chi connectivity index (χ0v) is 11.7. The van der Waals surface area contributed by atoms with E-state index in [4.69, 9.17) is 15.7 Å². The Morgan fingerprint density at radius 2 is 2.10 bits per heavy atom. The molecule has 2 aromatic rings. The van der Waals surface area contributed by atoms with Crippen LogP contribution >= 0.6 is 0 Å². The first-order valence-corrected chi connectivity index (χ1v) is 6.11. The van der Waals surface area contributed by atoms with Gasteiger partial charge in [-0.1, -0.05) is 6.07 Å². The average Bonchev–Trinajstić information content (AvgIpc) is 2.49. The number of benzene rings is 1. The predicted molar refractivity (Wildman–Crippen MR) is 77.2 cm³/mol. The summed E-state index contributed by atoms with van der Waals surface area (Å²) in [5, 5.41) is 9.05. The smallest absolute Gasteiger partial charge is 0.331 e. The molecule has 0 atom stereocenters. The van der Waals surface area contributed by atoms with Crippen LogP contribution in [0.2, 0.25) is 0 Å². The van der Waals surface area contributed by atoms with E-state index in [0.717, 1.165) is 4.57 Å². The number of rotatable bonds is 3. The molecule has 7 heteroatoms. The summed E-state index contributed by atoms with van der Waals surface area (Å²) >= 11 is 0. The molecule has 0 bridgehead atoms. The van der Waals surface area contributed by atoms with Crippen molar-refractivity contribution in [2.24, 2.45) is 7.05 Å². The molecule has 0 saturated heterocycles. The lowest BCUT2D eigenvalue weighted by atomic mass is 10.1. The molecule has 0 radical (unpaired) electrons. The maximum atomic E-state index is 12.0. The van der Waals surface area contributed by atoms with Crippen LogP contribution in [0.3, 0.4) is 0 Å². The van der Waals surface area contributed by atoms with Gasteiger partial charge in [0.05, 0.1) is 19.2 Å². The lowest BCUT2D eigenvalue weighted by Gasteiger charge is -2.10. The summed E-state index contributed by atoms with van der Waals surface area (Å²) in [5.74, 6) is 0.439. The number of nitriles is 1. The van der Waals surface area contributed by atoms with Crippen LogP contribution in [0.5, 0.6) is 5.75 Å². The Hall–Kier alpha value is -3.01. The number of hydrogen-bond donors (Lipinski definition) is 1. The van der Waals surface area contributed by atoms with Crippen LogP contribution in [0, 0.1) is 11.3 Å². The lowest BCUT2D eigenvalue weighted by molar-refractivity contribution is 0.413. The second-order valence-corrected chi connectivity index (χ2v) is 4.52. The summed E-state index contributed by atoms with van der Waals surface area (Å²) in [5.41, 5.74) is 5.53. The molecular weight excluding hydrogens is 272 g/mol. The van der Waals surface area contributed by atoms with Crippen LogP contribution in [-0.2, 0) is 13.6 Å². The SMILES string of the molecule is COc1ccc(Cn2c(=O)c(N)cn(C)c2=O)cc1C#N. The molecule has 0 aliphatic carbocycles. The van der Waals surface area contributed by atoms with Crippen LogP contribution in [0.25, 0.3) is 0 Å². The number of nitrogen functional groups attached to an aromatic ring is 1. The van der Waals surface area contributed by atoms with E-state index in [2.05, 4.69) is 0 Å². The molecule has 108 valence electrons. The Morgan fingerprint density at radius 1 is 1.38 bits per heavy atom. The second-order valence-electron chi connectivity index (χ2n) is 4.52. The van der Waals surface area contributed by atoms with Crippen molar-refractivity contribution in [2.75, 3.05) is 12.8 Å². The fraction of sp³-hybridized carbons (Fsp3) is 0.214. The van der Waals surface area contributed by atoms with Crippen LogP contribution in [-0.4, -0.2) is 16.2 Å². The molecule has 1 aromatic carbocycles. The third-order valence-corrected chi connectivity index (χ3v) is 3.08. The predicted octanol–water partition coefficient (Wildman–Crippen LogP) is 0.0578. The van der Waals surface area contributed by atoms with Gasteiger partial charge in [-0.3, -0.25) is 9.36 Å². The molecule has 21 heavy (non-hydrogen) atoms. The molecule has 0 saturated carbocycles. The number of methoxy groups -OCH3 is 1. The van der Waals surface area contributed by atoms with E-state index in [1.807, 2.05) is 6.07 Å². The van der Waals surface area contributed by atoms with E-state index < -0.39 is 11.2 Å². The van der Waals surface area contributed by atoms with Gasteiger partial charge in [0.1, 0.15) is 17.5 Å². The second kappa shape index (κ2) is 5.54. The van der Waals surface area contributed by atoms with Crippen molar-refractivity contribution in [3.8, 4) is 11.8 Å². The molecular formula is C14H14N4O3. The van der Waals surface area contributed by atoms with Gasteiger partial charge in [-0.25, -0.2) is 4.79 Å². The number of nitrogens with two attached hydrogens (primary N) is 1. The average molecular weight is 286 g/mol. The van der Waals surface area contributed by atoms with Gasteiger partial charge in [0.25, 0.3) is 5.56 Å². The zero-order valence-electron chi connectivity index (χ0n) is 11.7. The number of ether oxygens (including phenoxy) is 1. The number of aromatic nitrogens is 2. The van der Waals surface area contributed by atoms with Crippen molar-refractivity contribution in [2.45, 2.75) is 6.54 Å². The van der Waals surface area contributed by atoms with Crippen molar-refractivity contribution in [3.63, 3.8) is 0 Å². The number of hydrogen-bond acceptors (Lipinski definition) is 5. The minimum Gasteiger partial charge on any atom is -0.495 e. The van der Waals surface area contributed by atoms with E-state index >= 15 is 0 Å². The van der Waals surface area contributed by atoms with Gasteiger partial charge in [0, 0.05) is 13.2 Å². The lowest BCUT2D eigenvalue weighted by Crippen LogP contribution is -2.39. The van der Waals surface area contributed by atoms with Crippen LogP contribution in [0.1, 0.15) is 11.1 Å². The number of anilines is 1.